The third-order valence-corrected chi connectivity index (χ3v) is 5.84. The Morgan fingerprint density at radius 2 is 1.78 bits per heavy atom. The second-order valence-corrected chi connectivity index (χ2v) is 9.94. The Morgan fingerprint density at radius 1 is 1.11 bits per heavy atom. The fourth-order valence-electron chi connectivity index (χ4n) is 3.78. The van der Waals surface area contributed by atoms with E-state index in [1.54, 1.807) is 4.68 Å². The molecular weight excluding hydrogens is 474 g/mol. The van der Waals surface area contributed by atoms with Crippen LogP contribution in [-0.4, -0.2) is 58.2 Å². The molecule has 0 atom stereocenters. The number of methoxy groups -OCH3 is 1. The van der Waals surface area contributed by atoms with Crippen LogP contribution in [0.4, 0.5) is 11.5 Å². The average Bonchev–Trinajstić information content (AvgIpc) is 3.25. The first-order chi connectivity index (χ1) is 17.4. The number of benzene rings is 2. The van der Waals surface area contributed by atoms with E-state index in [9.17, 15) is 19.7 Å². The van der Waals surface area contributed by atoms with E-state index in [0.717, 1.165) is 22.5 Å². The second-order valence-electron chi connectivity index (χ2n) is 9.94. The van der Waals surface area contributed by atoms with Gasteiger partial charge in [0.1, 0.15) is 12.4 Å². The number of hydrogen-bond acceptors (Lipinski definition) is 6. The van der Waals surface area contributed by atoms with Gasteiger partial charge in [-0.25, -0.2) is 4.68 Å². The average molecular weight is 508 g/mol. The van der Waals surface area contributed by atoms with Crippen molar-refractivity contribution in [3.63, 3.8) is 0 Å². The molecule has 3 rings (SSSR count). The van der Waals surface area contributed by atoms with Gasteiger partial charge in [0.15, 0.2) is 0 Å². The van der Waals surface area contributed by atoms with Crippen molar-refractivity contribution in [1.82, 2.24) is 14.7 Å². The zero-order valence-electron chi connectivity index (χ0n) is 22.1. The number of nitro benzene ring substituents is 1. The number of rotatable bonds is 9. The molecule has 10 nitrogen and oxygen atoms in total. The third kappa shape index (κ3) is 6.79. The lowest BCUT2D eigenvalue weighted by molar-refractivity contribution is -0.384. The van der Waals surface area contributed by atoms with Crippen LogP contribution in [-0.2, 0) is 14.9 Å². The number of anilines is 1. The minimum atomic E-state index is -0.533. The number of carbonyl (C=O) groups excluding carboxylic acids is 2. The van der Waals surface area contributed by atoms with Crippen LogP contribution < -0.4 is 5.32 Å². The summed E-state index contributed by atoms with van der Waals surface area (Å²) in [5.41, 5.74) is 3.65. The number of nitro groups is 1. The number of hydrogen-bond donors (Lipinski definition) is 1. The molecule has 1 N–H and O–H groups in total. The Bertz CT molecular complexity index is 1290. The molecular formula is C27H33N5O5. The van der Waals surface area contributed by atoms with Crippen molar-refractivity contribution < 1.29 is 19.2 Å². The zero-order valence-corrected chi connectivity index (χ0v) is 22.1. The highest BCUT2D eigenvalue weighted by atomic mass is 16.6. The summed E-state index contributed by atoms with van der Waals surface area (Å²) in [6.07, 6.45) is 0. The predicted octanol–water partition coefficient (Wildman–Crippen LogP) is 4.42. The highest BCUT2D eigenvalue weighted by molar-refractivity contribution is 5.99. The van der Waals surface area contributed by atoms with E-state index in [1.165, 1.54) is 36.3 Å². The maximum atomic E-state index is 13.2. The summed E-state index contributed by atoms with van der Waals surface area (Å²) in [7, 11) is 1.51. The maximum Gasteiger partial charge on any atom is 0.269 e. The minimum absolute atomic E-state index is 0.118. The molecule has 0 aliphatic carbocycles. The van der Waals surface area contributed by atoms with Crippen molar-refractivity contribution in [3.05, 3.63) is 81.0 Å². The number of ether oxygens (including phenoxy) is 1. The fraction of sp³-hybridized carbons (Fsp3) is 0.370. The fourth-order valence-corrected chi connectivity index (χ4v) is 3.78. The van der Waals surface area contributed by atoms with Gasteiger partial charge < -0.3 is 15.0 Å². The number of carbonyl (C=O) groups is 2. The Balaban J connectivity index is 1.87. The molecule has 0 aliphatic rings. The van der Waals surface area contributed by atoms with Gasteiger partial charge in [-0.3, -0.25) is 19.7 Å². The molecule has 0 bridgehead atoms. The standard InChI is InChI=1S/C27H33N5O5/c1-18-7-12-22(19(2)15-18)31-24(16-23(29-31)27(3,4)5)28-25(33)17-30(13-14-37-6)26(34)20-8-10-21(11-9-20)32(35)36/h7-12,15-16H,13-14,17H2,1-6H3,(H,28,33). The Kier molecular flexibility index (Phi) is 8.44. The van der Waals surface area contributed by atoms with Crippen molar-refractivity contribution >= 4 is 23.3 Å². The summed E-state index contributed by atoms with van der Waals surface area (Å²) in [6, 6.07) is 13.1. The van der Waals surface area contributed by atoms with Crippen LogP contribution in [0.2, 0.25) is 0 Å². The SMILES string of the molecule is COCCN(CC(=O)Nc1cc(C(C)(C)C)nn1-c1ccc(C)cc1C)C(=O)c1ccc([N+](=O)[O-])cc1. The molecule has 2 amide bonds. The molecule has 10 heteroatoms. The second kappa shape index (κ2) is 11.3. The Hall–Kier alpha value is -4.05. The minimum Gasteiger partial charge on any atom is -0.383 e. The molecule has 0 saturated heterocycles. The molecule has 0 saturated carbocycles. The van der Waals surface area contributed by atoms with Crippen LogP contribution in [0.15, 0.2) is 48.5 Å². The van der Waals surface area contributed by atoms with E-state index in [1.807, 2.05) is 52.8 Å². The van der Waals surface area contributed by atoms with Gasteiger partial charge in [0, 0.05) is 42.8 Å². The number of amides is 2. The highest BCUT2D eigenvalue weighted by Crippen LogP contribution is 2.28. The van der Waals surface area contributed by atoms with Crippen molar-refractivity contribution in [2.75, 3.05) is 32.1 Å². The molecule has 0 spiro atoms. The van der Waals surface area contributed by atoms with E-state index in [0.29, 0.717) is 5.82 Å². The molecule has 2 aromatic carbocycles. The normalized spacial score (nSPS) is 11.3. The summed E-state index contributed by atoms with van der Waals surface area (Å²) in [4.78, 5) is 38.1. The molecule has 3 aromatic rings. The number of nitrogens with zero attached hydrogens (tertiary/aromatic N) is 4. The summed E-state index contributed by atoms with van der Waals surface area (Å²) in [5.74, 6) is -0.338. The van der Waals surface area contributed by atoms with Gasteiger partial charge in [-0.05, 0) is 37.6 Å². The van der Waals surface area contributed by atoms with Gasteiger partial charge in [-0.1, -0.05) is 38.5 Å². The topological polar surface area (TPSA) is 120 Å². The highest BCUT2D eigenvalue weighted by Gasteiger charge is 2.24. The number of aromatic nitrogens is 2. The molecule has 196 valence electrons. The van der Waals surface area contributed by atoms with Crippen LogP contribution in [0.3, 0.4) is 0 Å². The van der Waals surface area contributed by atoms with Crippen molar-refractivity contribution in [1.29, 1.82) is 0 Å². The van der Waals surface area contributed by atoms with Gasteiger partial charge in [0.2, 0.25) is 5.91 Å². The molecule has 0 fully saturated rings. The first-order valence-corrected chi connectivity index (χ1v) is 11.9. The van der Waals surface area contributed by atoms with Gasteiger partial charge in [-0.15, -0.1) is 0 Å². The molecule has 0 radical (unpaired) electrons. The first-order valence-electron chi connectivity index (χ1n) is 11.9. The first kappa shape index (κ1) is 27.5. The summed E-state index contributed by atoms with van der Waals surface area (Å²) < 4.78 is 6.83. The number of non-ortho nitro benzene ring substituents is 1. The van der Waals surface area contributed by atoms with Crippen LogP contribution in [0, 0.1) is 24.0 Å². The van der Waals surface area contributed by atoms with Crippen LogP contribution in [0.1, 0.15) is 48.0 Å². The van der Waals surface area contributed by atoms with Crippen LogP contribution >= 0.6 is 0 Å². The van der Waals surface area contributed by atoms with Crippen LogP contribution in [0.5, 0.6) is 0 Å². The Morgan fingerprint density at radius 3 is 2.35 bits per heavy atom. The van der Waals surface area contributed by atoms with Gasteiger partial charge in [0.05, 0.1) is 22.9 Å². The maximum absolute atomic E-state index is 13.2. The molecule has 1 aromatic heterocycles. The van der Waals surface area contributed by atoms with E-state index in [4.69, 9.17) is 9.84 Å². The summed E-state index contributed by atoms with van der Waals surface area (Å²) in [6.45, 7) is 10.3. The summed E-state index contributed by atoms with van der Waals surface area (Å²) in [5, 5.41) is 18.6. The lowest BCUT2D eigenvalue weighted by Crippen LogP contribution is -2.40. The zero-order chi connectivity index (χ0) is 27.3. The van der Waals surface area contributed by atoms with Crippen molar-refractivity contribution in [2.45, 2.75) is 40.0 Å². The summed E-state index contributed by atoms with van der Waals surface area (Å²) >= 11 is 0. The van der Waals surface area contributed by atoms with Crippen LogP contribution in [0.25, 0.3) is 5.69 Å². The number of aryl methyl sites for hydroxylation is 2. The Labute approximate surface area is 216 Å². The predicted molar refractivity (Wildman–Crippen MR) is 141 cm³/mol. The third-order valence-electron chi connectivity index (χ3n) is 5.84. The van der Waals surface area contributed by atoms with E-state index in [2.05, 4.69) is 11.4 Å². The van der Waals surface area contributed by atoms with Gasteiger partial charge in [0.25, 0.3) is 11.6 Å². The largest absolute Gasteiger partial charge is 0.383 e. The van der Waals surface area contributed by atoms with Crippen molar-refractivity contribution in [3.8, 4) is 5.69 Å². The quantitative estimate of drug-likeness (QED) is 0.338. The smallest absolute Gasteiger partial charge is 0.269 e. The van der Waals surface area contributed by atoms with Gasteiger partial charge in [-0.2, -0.15) is 5.10 Å². The lowest BCUT2D eigenvalue weighted by Gasteiger charge is -2.22. The van der Waals surface area contributed by atoms with Crippen molar-refractivity contribution in [2.24, 2.45) is 0 Å². The van der Waals surface area contributed by atoms with E-state index >= 15 is 0 Å². The monoisotopic (exact) mass is 507 g/mol. The lowest BCUT2D eigenvalue weighted by atomic mass is 9.92. The number of nitrogens with one attached hydrogen (secondary N) is 1. The molecule has 0 aliphatic heterocycles. The molecule has 0 unspecified atom stereocenters. The van der Waals surface area contributed by atoms with E-state index < -0.39 is 16.7 Å². The van der Waals surface area contributed by atoms with Gasteiger partial charge >= 0.3 is 0 Å². The van der Waals surface area contributed by atoms with E-state index in [-0.39, 0.29) is 36.4 Å². The molecule has 37 heavy (non-hydrogen) atoms. The molecule has 1 heterocycles.